The highest BCUT2D eigenvalue weighted by Crippen LogP contribution is 2.27. The number of hydrogen-bond donors (Lipinski definition) is 2. The number of nitrogens with zero attached hydrogens (tertiary/aromatic N) is 1. The molecular formula is C27H25BrFN3O4. The Hall–Kier alpha value is -3.72. The molecule has 0 saturated carbocycles. The highest BCUT2D eigenvalue weighted by molar-refractivity contribution is 9.10. The molecule has 1 heterocycles. The first kappa shape index (κ1) is 25.4. The summed E-state index contributed by atoms with van der Waals surface area (Å²) >= 11 is 3.16. The SMILES string of the molecule is O=C(COc1ccc(N2C[C@H](C(=O)NCCc3ccccc3)CC2=O)cc1)Nc1ccc(Br)cc1F. The van der Waals surface area contributed by atoms with E-state index >= 15 is 0 Å². The predicted octanol–water partition coefficient (Wildman–Crippen LogP) is 4.32. The van der Waals surface area contributed by atoms with Crippen molar-refractivity contribution in [3.8, 4) is 5.75 Å². The van der Waals surface area contributed by atoms with Gasteiger partial charge in [-0.15, -0.1) is 0 Å². The maximum Gasteiger partial charge on any atom is 0.262 e. The van der Waals surface area contributed by atoms with Crippen molar-refractivity contribution in [3.05, 3.63) is 88.6 Å². The molecule has 2 N–H and O–H groups in total. The molecule has 7 nitrogen and oxygen atoms in total. The van der Waals surface area contributed by atoms with Crippen molar-refractivity contribution in [2.45, 2.75) is 12.8 Å². The van der Waals surface area contributed by atoms with Gasteiger partial charge in [-0.2, -0.15) is 0 Å². The number of anilines is 2. The fourth-order valence-electron chi connectivity index (χ4n) is 3.90. The first-order chi connectivity index (χ1) is 17.4. The largest absolute Gasteiger partial charge is 0.484 e. The normalized spacial score (nSPS) is 15.0. The highest BCUT2D eigenvalue weighted by atomic mass is 79.9. The van der Waals surface area contributed by atoms with Gasteiger partial charge in [0.05, 0.1) is 11.6 Å². The first-order valence-electron chi connectivity index (χ1n) is 11.5. The number of nitrogens with one attached hydrogen (secondary N) is 2. The fourth-order valence-corrected chi connectivity index (χ4v) is 4.23. The van der Waals surface area contributed by atoms with Gasteiger partial charge in [0.2, 0.25) is 11.8 Å². The maximum atomic E-state index is 13.9. The Kier molecular flexibility index (Phi) is 8.32. The summed E-state index contributed by atoms with van der Waals surface area (Å²) in [7, 11) is 0. The molecule has 1 saturated heterocycles. The van der Waals surface area contributed by atoms with Gasteiger partial charge in [0.15, 0.2) is 6.61 Å². The van der Waals surface area contributed by atoms with Crippen LogP contribution in [0.4, 0.5) is 15.8 Å². The van der Waals surface area contributed by atoms with E-state index in [0.29, 0.717) is 29.0 Å². The smallest absolute Gasteiger partial charge is 0.262 e. The number of carbonyl (C=O) groups is 3. The third kappa shape index (κ3) is 6.69. The van der Waals surface area contributed by atoms with Gasteiger partial charge in [-0.3, -0.25) is 14.4 Å². The zero-order valence-electron chi connectivity index (χ0n) is 19.4. The van der Waals surface area contributed by atoms with E-state index in [-0.39, 0.29) is 30.5 Å². The number of carbonyl (C=O) groups excluding carboxylic acids is 3. The molecule has 0 aliphatic carbocycles. The van der Waals surface area contributed by atoms with Gasteiger partial charge in [0.1, 0.15) is 11.6 Å². The molecule has 0 spiro atoms. The van der Waals surface area contributed by atoms with Gasteiger partial charge in [-0.05, 0) is 54.4 Å². The number of halogens is 2. The molecule has 3 amide bonds. The Morgan fingerprint density at radius 3 is 2.53 bits per heavy atom. The van der Waals surface area contributed by atoms with Crippen molar-refractivity contribution in [2.75, 3.05) is 29.9 Å². The van der Waals surface area contributed by atoms with Crippen LogP contribution in [0.15, 0.2) is 77.3 Å². The van der Waals surface area contributed by atoms with Crippen molar-refractivity contribution in [2.24, 2.45) is 5.92 Å². The second-order valence-corrected chi connectivity index (χ2v) is 9.30. The molecule has 9 heteroatoms. The molecule has 1 atom stereocenters. The zero-order chi connectivity index (χ0) is 25.5. The van der Waals surface area contributed by atoms with Crippen LogP contribution in [0.1, 0.15) is 12.0 Å². The number of hydrogen-bond acceptors (Lipinski definition) is 4. The summed E-state index contributed by atoms with van der Waals surface area (Å²) in [6.07, 6.45) is 0.886. The van der Waals surface area contributed by atoms with Crippen LogP contribution in [0, 0.1) is 11.7 Å². The average Bonchev–Trinajstić information content (AvgIpc) is 3.27. The van der Waals surface area contributed by atoms with E-state index in [1.807, 2.05) is 30.3 Å². The van der Waals surface area contributed by atoms with Crippen molar-refractivity contribution in [1.82, 2.24) is 5.32 Å². The Bertz CT molecular complexity index is 1240. The van der Waals surface area contributed by atoms with E-state index in [1.165, 1.54) is 12.1 Å². The number of ether oxygens (including phenoxy) is 1. The first-order valence-corrected chi connectivity index (χ1v) is 12.3. The van der Waals surface area contributed by atoms with E-state index in [2.05, 4.69) is 26.6 Å². The van der Waals surface area contributed by atoms with Crippen LogP contribution in [-0.4, -0.2) is 37.4 Å². The minimum Gasteiger partial charge on any atom is -0.484 e. The van der Waals surface area contributed by atoms with Crippen molar-refractivity contribution in [3.63, 3.8) is 0 Å². The van der Waals surface area contributed by atoms with Gasteiger partial charge in [-0.1, -0.05) is 46.3 Å². The molecule has 3 aromatic carbocycles. The van der Waals surface area contributed by atoms with Gasteiger partial charge in [0.25, 0.3) is 5.91 Å². The van der Waals surface area contributed by atoms with Gasteiger partial charge in [0, 0.05) is 29.7 Å². The number of rotatable bonds is 9. The van der Waals surface area contributed by atoms with Crippen molar-refractivity contribution < 1.29 is 23.5 Å². The summed E-state index contributed by atoms with van der Waals surface area (Å²) < 4.78 is 19.9. The lowest BCUT2D eigenvalue weighted by molar-refractivity contribution is -0.126. The Morgan fingerprint density at radius 2 is 1.81 bits per heavy atom. The fraction of sp³-hybridized carbons (Fsp3) is 0.222. The van der Waals surface area contributed by atoms with Crippen molar-refractivity contribution in [1.29, 1.82) is 0 Å². The molecule has 3 aromatic rings. The summed E-state index contributed by atoms with van der Waals surface area (Å²) in [5.74, 6) is -1.30. The summed E-state index contributed by atoms with van der Waals surface area (Å²) in [5, 5.41) is 5.38. The quantitative estimate of drug-likeness (QED) is 0.413. The van der Waals surface area contributed by atoms with E-state index in [4.69, 9.17) is 4.74 Å². The summed E-state index contributed by atoms with van der Waals surface area (Å²) in [4.78, 5) is 38.8. The molecule has 0 unspecified atom stereocenters. The molecule has 36 heavy (non-hydrogen) atoms. The lowest BCUT2D eigenvalue weighted by Crippen LogP contribution is -2.34. The maximum absolute atomic E-state index is 13.9. The minimum absolute atomic E-state index is 0.0633. The zero-order valence-corrected chi connectivity index (χ0v) is 21.0. The van der Waals surface area contributed by atoms with E-state index in [0.717, 1.165) is 12.0 Å². The van der Waals surface area contributed by atoms with Gasteiger partial charge < -0.3 is 20.3 Å². The Labute approximate surface area is 216 Å². The van der Waals surface area contributed by atoms with E-state index in [9.17, 15) is 18.8 Å². The highest BCUT2D eigenvalue weighted by Gasteiger charge is 2.35. The van der Waals surface area contributed by atoms with Crippen LogP contribution in [0.3, 0.4) is 0 Å². The predicted molar refractivity (Wildman–Crippen MR) is 138 cm³/mol. The Balaban J connectivity index is 1.24. The van der Waals surface area contributed by atoms with Crippen molar-refractivity contribution >= 4 is 45.0 Å². The topological polar surface area (TPSA) is 87.7 Å². The second-order valence-electron chi connectivity index (χ2n) is 8.39. The van der Waals surface area contributed by atoms with E-state index in [1.54, 1.807) is 35.2 Å². The molecule has 1 aliphatic rings. The van der Waals surface area contributed by atoms with Crippen LogP contribution < -0.4 is 20.3 Å². The molecule has 0 radical (unpaired) electrons. The van der Waals surface area contributed by atoms with Gasteiger partial charge in [-0.25, -0.2) is 4.39 Å². The molecule has 0 aromatic heterocycles. The van der Waals surface area contributed by atoms with Gasteiger partial charge >= 0.3 is 0 Å². The van der Waals surface area contributed by atoms with E-state index < -0.39 is 17.6 Å². The molecule has 0 bridgehead atoms. The molecule has 4 rings (SSSR count). The second kappa shape index (κ2) is 11.8. The van der Waals surface area contributed by atoms with Crippen LogP contribution in [-0.2, 0) is 20.8 Å². The molecule has 1 aliphatic heterocycles. The van der Waals surface area contributed by atoms with Crippen LogP contribution >= 0.6 is 15.9 Å². The standard InChI is InChI=1S/C27H25BrFN3O4/c28-20-6-11-24(23(29)15-20)31-25(33)17-36-22-9-7-21(8-10-22)32-16-19(14-26(32)34)27(35)30-13-12-18-4-2-1-3-5-18/h1-11,15,19H,12-14,16-17H2,(H,30,35)(H,31,33)/t19-/m1/s1. The number of benzene rings is 3. The van der Waals surface area contributed by atoms with Crippen LogP contribution in [0.2, 0.25) is 0 Å². The molecule has 186 valence electrons. The third-order valence-electron chi connectivity index (χ3n) is 5.78. The van der Waals surface area contributed by atoms with Crippen LogP contribution in [0.25, 0.3) is 0 Å². The molecular weight excluding hydrogens is 529 g/mol. The summed E-state index contributed by atoms with van der Waals surface area (Å²) in [6, 6.07) is 20.9. The Morgan fingerprint density at radius 1 is 1.06 bits per heavy atom. The summed E-state index contributed by atoms with van der Waals surface area (Å²) in [6.45, 7) is 0.516. The lowest BCUT2D eigenvalue weighted by Gasteiger charge is -2.17. The number of amides is 3. The third-order valence-corrected chi connectivity index (χ3v) is 6.27. The monoisotopic (exact) mass is 553 g/mol. The average molecular weight is 554 g/mol. The lowest BCUT2D eigenvalue weighted by atomic mass is 10.1. The van der Waals surface area contributed by atoms with Crippen LogP contribution in [0.5, 0.6) is 5.75 Å². The molecule has 1 fully saturated rings. The summed E-state index contributed by atoms with van der Waals surface area (Å²) in [5.41, 5.74) is 1.85. The minimum atomic E-state index is -0.555.